The number of nitrogens with two attached hydrogens (primary N) is 1. The van der Waals surface area contributed by atoms with Gasteiger partial charge in [-0.2, -0.15) is 0 Å². The highest BCUT2D eigenvalue weighted by molar-refractivity contribution is 4.88. The minimum Gasteiger partial charge on any atom is -0.395 e. The minimum absolute atomic E-state index is 0.0823. The van der Waals surface area contributed by atoms with Gasteiger partial charge in [-0.25, -0.2) is 0 Å². The summed E-state index contributed by atoms with van der Waals surface area (Å²) in [5, 5.41) is 12.4. The van der Waals surface area contributed by atoms with Crippen molar-refractivity contribution in [1.29, 1.82) is 0 Å². The zero-order valence-corrected chi connectivity index (χ0v) is 8.71. The summed E-state index contributed by atoms with van der Waals surface area (Å²) in [6, 6.07) is 0.634. The third kappa shape index (κ3) is 3.25. The zero-order valence-electron chi connectivity index (χ0n) is 8.71. The predicted molar refractivity (Wildman–Crippen MR) is 54.5 cm³/mol. The Balaban J connectivity index is 2.31. The first-order valence-corrected chi connectivity index (χ1v) is 5.14. The molecule has 1 aliphatic carbocycles. The molecule has 0 radical (unpaired) electrons. The molecule has 1 saturated carbocycles. The monoisotopic (exact) mass is 186 g/mol. The highest BCUT2D eigenvalue weighted by Crippen LogP contribution is 2.36. The molecular weight excluding hydrogens is 164 g/mol. The maximum absolute atomic E-state index is 8.97. The summed E-state index contributed by atoms with van der Waals surface area (Å²) in [5.41, 5.74) is 5.97. The second-order valence-electron chi connectivity index (χ2n) is 4.89. The van der Waals surface area contributed by atoms with Crippen LogP contribution in [0.1, 0.15) is 33.1 Å². The van der Waals surface area contributed by atoms with Gasteiger partial charge in [-0.15, -0.1) is 0 Å². The molecule has 0 spiro atoms. The van der Waals surface area contributed by atoms with Gasteiger partial charge in [0.05, 0.1) is 6.61 Å². The van der Waals surface area contributed by atoms with E-state index in [1.54, 1.807) is 0 Å². The van der Waals surface area contributed by atoms with Crippen LogP contribution in [0.4, 0.5) is 0 Å². The number of aliphatic hydroxyl groups is 1. The Labute approximate surface area is 80.7 Å². The first-order chi connectivity index (χ1) is 6.07. The van der Waals surface area contributed by atoms with Gasteiger partial charge in [0.1, 0.15) is 0 Å². The Morgan fingerprint density at radius 1 is 1.62 bits per heavy atom. The molecule has 13 heavy (non-hydrogen) atoms. The molecule has 0 heterocycles. The molecule has 4 N–H and O–H groups in total. The predicted octanol–water partition coefficient (Wildman–Crippen LogP) is 0.474. The van der Waals surface area contributed by atoms with E-state index in [0.29, 0.717) is 18.0 Å². The van der Waals surface area contributed by atoms with Crippen LogP contribution in [-0.2, 0) is 0 Å². The van der Waals surface area contributed by atoms with Gasteiger partial charge in [0, 0.05) is 18.6 Å². The lowest BCUT2D eigenvalue weighted by atomic mass is 9.92. The van der Waals surface area contributed by atoms with Gasteiger partial charge in [-0.05, 0) is 24.7 Å². The highest BCUT2D eigenvalue weighted by Gasteiger charge is 2.31. The molecule has 2 atom stereocenters. The van der Waals surface area contributed by atoms with Crippen LogP contribution < -0.4 is 11.1 Å². The highest BCUT2D eigenvalue weighted by atomic mass is 16.3. The van der Waals surface area contributed by atoms with Crippen LogP contribution in [0.2, 0.25) is 0 Å². The number of rotatable bonds is 4. The Bertz CT molecular complexity index is 155. The molecule has 0 aliphatic heterocycles. The second kappa shape index (κ2) is 4.40. The lowest BCUT2D eigenvalue weighted by molar-refractivity contribution is 0.231. The summed E-state index contributed by atoms with van der Waals surface area (Å²) in [7, 11) is 0. The van der Waals surface area contributed by atoms with E-state index in [0.717, 1.165) is 0 Å². The minimum atomic E-state index is 0.0823. The van der Waals surface area contributed by atoms with Crippen molar-refractivity contribution in [2.24, 2.45) is 11.1 Å². The molecule has 1 aliphatic rings. The van der Waals surface area contributed by atoms with Crippen LogP contribution in [0.15, 0.2) is 0 Å². The summed E-state index contributed by atoms with van der Waals surface area (Å²) in [5.74, 6) is 0. The summed E-state index contributed by atoms with van der Waals surface area (Å²) in [4.78, 5) is 0. The molecule has 0 bridgehead atoms. The average molecular weight is 186 g/mol. The van der Waals surface area contributed by atoms with Gasteiger partial charge >= 0.3 is 0 Å². The van der Waals surface area contributed by atoms with Gasteiger partial charge in [0.15, 0.2) is 0 Å². The fourth-order valence-corrected chi connectivity index (χ4v) is 2.11. The fourth-order valence-electron chi connectivity index (χ4n) is 2.11. The van der Waals surface area contributed by atoms with E-state index < -0.39 is 0 Å². The van der Waals surface area contributed by atoms with E-state index in [1.165, 1.54) is 19.3 Å². The zero-order chi connectivity index (χ0) is 9.90. The van der Waals surface area contributed by atoms with E-state index in [-0.39, 0.29) is 12.6 Å². The Morgan fingerprint density at radius 3 is 2.69 bits per heavy atom. The van der Waals surface area contributed by atoms with Crippen LogP contribution in [0.25, 0.3) is 0 Å². The van der Waals surface area contributed by atoms with Gasteiger partial charge in [-0.1, -0.05) is 13.8 Å². The molecule has 0 aromatic heterocycles. The number of aliphatic hydroxyl groups excluding tert-OH is 1. The van der Waals surface area contributed by atoms with E-state index in [4.69, 9.17) is 10.8 Å². The lowest BCUT2D eigenvalue weighted by Crippen LogP contribution is -2.44. The van der Waals surface area contributed by atoms with Crippen molar-refractivity contribution >= 4 is 0 Å². The molecule has 0 aromatic carbocycles. The molecule has 0 amide bonds. The van der Waals surface area contributed by atoms with E-state index in [2.05, 4.69) is 19.2 Å². The third-order valence-corrected chi connectivity index (χ3v) is 2.94. The van der Waals surface area contributed by atoms with Crippen molar-refractivity contribution in [3.8, 4) is 0 Å². The normalized spacial score (nSPS) is 29.1. The molecule has 78 valence electrons. The Kier molecular flexibility index (Phi) is 3.71. The molecule has 2 unspecified atom stereocenters. The van der Waals surface area contributed by atoms with Crippen LogP contribution >= 0.6 is 0 Å². The number of hydrogen-bond donors (Lipinski definition) is 3. The van der Waals surface area contributed by atoms with Crippen molar-refractivity contribution in [3.05, 3.63) is 0 Å². The molecule has 3 nitrogen and oxygen atoms in total. The summed E-state index contributed by atoms with van der Waals surface area (Å²) in [6.45, 7) is 5.26. The molecule has 1 fully saturated rings. The quantitative estimate of drug-likeness (QED) is 0.598. The maximum Gasteiger partial charge on any atom is 0.0597 e. The van der Waals surface area contributed by atoms with Crippen molar-refractivity contribution in [2.45, 2.75) is 45.2 Å². The molecule has 0 saturated heterocycles. The first kappa shape index (κ1) is 11.0. The van der Waals surface area contributed by atoms with Crippen molar-refractivity contribution in [3.63, 3.8) is 0 Å². The second-order valence-corrected chi connectivity index (χ2v) is 4.89. The maximum atomic E-state index is 8.97. The van der Waals surface area contributed by atoms with Gasteiger partial charge in [-0.3, -0.25) is 0 Å². The summed E-state index contributed by atoms with van der Waals surface area (Å²) < 4.78 is 0. The summed E-state index contributed by atoms with van der Waals surface area (Å²) >= 11 is 0. The molecule has 0 aromatic rings. The van der Waals surface area contributed by atoms with Crippen molar-refractivity contribution in [1.82, 2.24) is 5.32 Å². The summed E-state index contributed by atoms with van der Waals surface area (Å²) in [6.07, 6.45) is 3.68. The van der Waals surface area contributed by atoms with Crippen LogP contribution in [0.3, 0.4) is 0 Å². The van der Waals surface area contributed by atoms with E-state index >= 15 is 0 Å². The smallest absolute Gasteiger partial charge is 0.0597 e. The van der Waals surface area contributed by atoms with Crippen LogP contribution in [0.5, 0.6) is 0 Å². The van der Waals surface area contributed by atoms with Crippen molar-refractivity contribution in [2.75, 3.05) is 13.2 Å². The Hall–Kier alpha value is -0.120. The van der Waals surface area contributed by atoms with Gasteiger partial charge < -0.3 is 16.2 Å². The fraction of sp³-hybridized carbons (Fsp3) is 1.00. The van der Waals surface area contributed by atoms with Crippen LogP contribution in [-0.4, -0.2) is 30.3 Å². The SMILES string of the molecule is CC1(C)CCC(NC(CN)CO)C1. The van der Waals surface area contributed by atoms with Gasteiger partial charge in [0.2, 0.25) is 0 Å². The molecule has 3 heteroatoms. The lowest BCUT2D eigenvalue weighted by Gasteiger charge is -2.21. The van der Waals surface area contributed by atoms with Gasteiger partial charge in [0.25, 0.3) is 0 Å². The average Bonchev–Trinajstić information content (AvgIpc) is 2.41. The van der Waals surface area contributed by atoms with E-state index in [1.807, 2.05) is 0 Å². The topological polar surface area (TPSA) is 58.3 Å². The first-order valence-electron chi connectivity index (χ1n) is 5.14. The van der Waals surface area contributed by atoms with Crippen LogP contribution in [0, 0.1) is 5.41 Å². The number of nitrogens with one attached hydrogen (secondary N) is 1. The largest absolute Gasteiger partial charge is 0.395 e. The molecule has 1 rings (SSSR count). The van der Waals surface area contributed by atoms with Crippen molar-refractivity contribution < 1.29 is 5.11 Å². The molecular formula is C10H22N2O. The third-order valence-electron chi connectivity index (χ3n) is 2.94. The Morgan fingerprint density at radius 2 is 2.31 bits per heavy atom. The standard InChI is InChI=1S/C10H22N2O/c1-10(2)4-3-8(5-10)12-9(6-11)7-13/h8-9,12-13H,3-7,11H2,1-2H3. The number of hydrogen-bond acceptors (Lipinski definition) is 3. The van der Waals surface area contributed by atoms with E-state index in [9.17, 15) is 0 Å².